The zero-order valence-electron chi connectivity index (χ0n) is 17.5. The summed E-state index contributed by atoms with van der Waals surface area (Å²) in [7, 11) is 2.12. The molecule has 1 amide bonds. The molecular weight excluding hydrogens is 367 g/mol. The summed E-state index contributed by atoms with van der Waals surface area (Å²) in [5, 5.41) is 0. The Labute approximate surface area is 172 Å². The molecule has 2 aliphatic rings. The smallest absolute Gasteiger partial charge is 0.232 e. The lowest BCUT2D eigenvalue weighted by atomic mass is 9.82. The van der Waals surface area contributed by atoms with Gasteiger partial charge in [0.15, 0.2) is 0 Å². The third-order valence-corrected chi connectivity index (χ3v) is 6.32. The van der Waals surface area contributed by atoms with Gasteiger partial charge in [0.1, 0.15) is 11.6 Å². The van der Waals surface area contributed by atoms with Crippen molar-refractivity contribution in [3.05, 3.63) is 58.9 Å². The van der Waals surface area contributed by atoms with Crippen molar-refractivity contribution in [3.63, 3.8) is 0 Å². The molecule has 0 radical (unpaired) electrons. The summed E-state index contributed by atoms with van der Waals surface area (Å²) in [6, 6.07) is 6.25. The number of carbonyl (C=O) groups is 1. The van der Waals surface area contributed by atoms with Crippen LogP contribution in [0.5, 0.6) is 0 Å². The Bertz CT molecular complexity index is 896. The predicted molar refractivity (Wildman–Crippen MR) is 110 cm³/mol. The number of nitrogens with zero attached hydrogens (tertiary/aromatic N) is 4. The van der Waals surface area contributed by atoms with Crippen LogP contribution < -0.4 is 0 Å². The molecule has 29 heavy (non-hydrogen) atoms. The molecule has 5 nitrogen and oxygen atoms in total. The zero-order chi connectivity index (χ0) is 20.6. The lowest BCUT2D eigenvalue weighted by Gasteiger charge is -2.37. The van der Waals surface area contributed by atoms with E-state index in [9.17, 15) is 9.18 Å². The van der Waals surface area contributed by atoms with Gasteiger partial charge in [0.25, 0.3) is 0 Å². The highest BCUT2D eigenvalue weighted by Gasteiger charge is 2.36. The zero-order valence-corrected chi connectivity index (χ0v) is 17.5. The lowest BCUT2D eigenvalue weighted by Crippen LogP contribution is -2.47. The first-order valence-electron chi connectivity index (χ1n) is 10.4. The summed E-state index contributed by atoms with van der Waals surface area (Å²) in [5.74, 6) is 0.825. The second kappa shape index (κ2) is 7.82. The molecule has 4 rings (SSSR count). The summed E-state index contributed by atoms with van der Waals surface area (Å²) >= 11 is 0. The molecule has 1 aromatic heterocycles. The summed E-state index contributed by atoms with van der Waals surface area (Å²) in [6.07, 6.45) is 4.86. The SMILES string of the molecule is CN1CCc2nc([C@@H]3CCCN(C(=O)C(C)(C)c4ccc(F)cc4)C3)ncc2C1. The molecule has 154 valence electrons. The van der Waals surface area contributed by atoms with E-state index in [0.717, 1.165) is 56.0 Å². The number of likely N-dealkylation sites (N-methyl/N-ethyl adjacent to an activating group) is 1. The average molecular weight is 397 g/mol. The number of hydrogen-bond acceptors (Lipinski definition) is 4. The highest BCUT2D eigenvalue weighted by Crippen LogP contribution is 2.31. The molecule has 6 heteroatoms. The van der Waals surface area contributed by atoms with Gasteiger partial charge in [-0.2, -0.15) is 0 Å². The van der Waals surface area contributed by atoms with E-state index < -0.39 is 5.41 Å². The van der Waals surface area contributed by atoms with Crippen molar-refractivity contribution in [1.82, 2.24) is 19.8 Å². The van der Waals surface area contributed by atoms with E-state index in [1.807, 2.05) is 24.9 Å². The van der Waals surface area contributed by atoms with Crippen molar-refractivity contribution in [1.29, 1.82) is 0 Å². The van der Waals surface area contributed by atoms with Crippen LogP contribution >= 0.6 is 0 Å². The molecule has 1 atom stereocenters. The number of aromatic nitrogens is 2. The number of hydrogen-bond donors (Lipinski definition) is 0. The number of carbonyl (C=O) groups excluding carboxylic acids is 1. The summed E-state index contributed by atoms with van der Waals surface area (Å²) in [4.78, 5) is 27.1. The van der Waals surface area contributed by atoms with Gasteiger partial charge in [-0.05, 0) is 51.4 Å². The molecule has 1 saturated heterocycles. The van der Waals surface area contributed by atoms with Crippen LogP contribution in [0.25, 0.3) is 0 Å². The van der Waals surface area contributed by atoms with Gasteiger partial charge in [-0.25, -0.2) is 14.4 Å². The molecule has 1 aromatic carbocycles. The topological polar surface area (TPSA) is 49.3 Å². The molecular formula is C23H29FN4O. The van der Waals surface area contributed by atoms with Crippen molar-refractivity contribution >= 4 is 5.91 Å². The molecule has 0 saturated carbocycles. The first-order valence-corrected chi connectivity index (χ1v) is 10.4. The normalized spacial score (nSPS) is 20.4. The molecule has 0 spiro atoms. The fourth-order valence-electron chi connectivity index (χ4n) is 4.43. The fraction of sp³-hybridized carbons (Fsp3) is 0.522. The summed E-state index contributed by atoms with van der Waals surface area (Å²) in [5.41, 5.74) is 2.50. The minimum Gasteiger partial charge on any atom is -0.341 e. The average Bonchev–Trinajstić information content (AvgIpc) is 2.73. The van der Waals surface area contributed by atoms with Crippen LogP contribution in [0.4, 0.5) is 4.39 Å². The number of amides is 1. The van der Waals surface area contributed by atoms with Gasteiger partial charge in [-0.3, -0.25) is 4.79 Å². The van der Waals surface area contributed by atoms with E-state index in [1.54, 1.807) is 12.1 Å². The maximum absolute atomic E-state index is 13.3. The van der Waals surface area contributed by atoms with E-state index in [0.29, 0.717) is 6.54 Å². The van der Waals surface area contributed by atoms with Crippen LogP contribution in [-0.2, 0) is 23.2 Å². The van der Waals surface area contributed by atoms with Crippen LogP contribution in [-0.4, -0.2) is 52.4 Å². The Kier molecular flexibility index (Phi) is 5.38. The molecule has 2 aliphatic heterocycles. The van der Waals surface area contributed by atoms with Gasteiger partial charge in [0.05, 0.1) is 5.41 Å². The van der Waals surface area contributed by atoms with Crippen molar-refractivity contribution < 1.29 is 9.18 Å². The molecule has 1 fully saturated rings. The van der Waals surface area contributed by atoms with Crippen LogP contribution in [0.3, 0.4) is 0 Å². The monoisotopic (exact) mass is 396 g/mol. The number of rotatable bonds is 3. The van der Waals surface area contributed by atoms with E-state index >= 15 is 0 Å². The first-order chi connectivity index (χ1) is 13.8. The van der Waals surface area contributed by atoms with Crippen LogP contribution in [0, 0.1) is 5.82 Å². The van der Waals surface area contributed by atoms with Crippen LogP contribution in [0.2, 0.25) is 0 Å². The summed E-state index contributed by atoms with van der Waals surface area (Å²) < 4.78 is 13.3. The van der Waals surface area contributed by atoms with Crippen molar-refractivity contribution in [2.45, 2.75) is 51.0 Å². The van der Waals surface area contributed by atoms with Crippen LogP contribution in [0.1, 0.15) is 55.3 Å². The third kappa shape index (κ3) is 4.04. The second-order valence-corrected chi connectivity index (χ2v) is 8.91. The maximum Gasteiger partial charge on any atom is 0.232 e. The number of likely N-dealkylation sites (tertiary alicyclic amines) is 1. The highest BCUT2D eigenvalue weighted by molar-refractivity contribution is 5.87. The molecule has 2 aromatic rings. The largest absolute Gasteiger partial charge is 0.341 e. The molecule has 0 unspecified atom stereocenters. The van der Waals surface area contributed by atoms with Crippen molar-refractivity contribution in [3.8, 4) is 0 Å². The number of piperidine rings is 1. The Morgan fingerprint density at radius 2 is 1.97 bits per heavy atom. The van der Waals surface area contributed by atoms with E-state index in [-0.39, 0.29) is 17.6 Å². The number of fused-ring (bicyclic) bond motifs is 1. The lowest BCUT2D eigenvalue weighted by molar-refractivity contribution is -0.137. The van der Waals surface area contributed by atoms with Crippen molar-refractivity contribution in [2.75, 3.05) is 26.7 Å². The molecule has 0 bridgehead atoms. The Hall–Kier alpha value is -2.34. The highest BCUT2D eigenvalue weighted by atomic mass is 19.1. The minimum absolute atomic E-state index is 0.0772. The van der Waals surface area contributed by atoms with Gasteiger partial charge in [0.2, 0.25) is 5.91 Å². The summed E-state index contributed by atoms with van der Waals surface area (Å²) in [6.45, 7) is 7.13. The van der Waals surface area contributed by atoms with E-state index in [1.165, 1.54) is 17.7 Å². The van der Waals surface area contributed by atoms with Gasteiger partial charge in [-0.1, -0.05) is 12.1 Å². The Balaban J connectivity index is 1.51. The standard InChI is InChI=1S/C23H29FN4O/c1-23(2,18-6-8-19(24)9-7-18)22(29)28-11-4-5-16(15-28)21-25-13-17-14-27(3)12-10-20(17)26-21/h6-9,13,16H,4-5,10-12,14-15H2,1-3H3/t16-/m1/s1. The van der Waals surface area contributed by atoms with Gasteiger partial charge in [0, 0.05) is 56.0 Å². The van der Waals surface area contributed by atoms with Gasteiger partial charge < -0.3 is 9.80 Å². The molecule has 3 heterocycles. The fourth-order valence-corrected chi connectivity index (χ4v) is 4.43. The first kappa shape index (κ1) is 20.0. The number of halogens is 1. The molecule has 0 aliphatic carbocycles. The number of benzene rings is 1. The van der Waals surface area contributed by atoms with E-state index in [4.69, 9.17) is 4.98 Å². The van der Waals surface area contributed by atoms with E-state index in [2.05, 4.69) is 16.9 Å². The third-order valence-electron chi connectivity index (χ3n) is 6.32. The second-order valence-electron chi connectivity index (χ2n) is 8.91. The van der Waals surface area contributed by atoms with Crippen molar-refractivity contribution in [2.24, 2.45) is 0 Å². The molecule has 0 N–H and O–H groups in total. The minimum atomic E-state index is -0.698. The van der Waals surface area contributed by atoms with Gasteiger partial charge in [-0.15, -0.1) is 0 Å². The van der Waals surface area contributed by atoms with Crippen LogP contribution in [0.15, 0.2) is 30.5 Å². The van der Waals surface area contributed by atoms with Gasteiger partial charge >= 0.3 is 0 Å². The maximum atomic E-state index is 13.3. The Morgan fingerprint density at radius 1 is 1.21 bits per heavy atom. The Morgan fingerprint density at radius 3 is 2.72 bits per heavy atom. The quantitative estimate of drug-likeness (QED) is 0.799. The predicted octanol–water partition coefficient (Wildman–Crippen LogP) is 3.29.